The number of nitrogens with zero attached hydrogens (tertiary/aromatic N) is 1. The summed E-state index contributed by atoms with van der Waals surface area (Å²) in [5, 5.41) is 0.507. The van der Waals surface area contributed by atoms with Gasteiger partial charge in [0.1, 0.15) is 5.82 Å². The molecular weight excluding hydrogens is 239 g/mol. The van der Waals surface area contributed by atoms with Crippen molar-refractivity contribution < 1.29 is 4.39 Å². The first-order valence-electron chi connectivity index (χ1n) is 5.13. The van der Waals surface area contributed by atoms with Crippen molar-refractivity contribution in [3.8, 4) is 11.3 Å². The number of hydrogen-bond acceptors (Lipinski definition) is 1. The van der Waals surface area contributed by atoms with Crippen molar-refractivity contribution in [1.82, 2.24) is 9.97 Å². The molecule has 0 amide bonds. The van der Waals surface area contributed by atoms with E-state index in [2.05, 4.69) is 9.97 Å². The van der Waals surface area contributed by atoms with Crippen LogP contribution in [-0.2, 0) is 0 Å². The highest BCUT2D eigenvalue weighted by molar-refractivity contribution is 6.30. The van der Waals surface area contributed by atoms with Gasteiger partial charge in [0.05, 0.1) is 16.7 Å². The van der Waals surface area contributed by atoms with Crippen LogP contribution in [0.4, 0.5) is 4.39 Å². The molecule has 2 aromatic heterocycles. The molecule has 0 aliphatic carbocycles. The predicted octanol–water partition coefficient (Wildman–Crippen LogP) is 4.02. The van der Waals surface area contributed by atoms with Gasteiger partial charge < -0.3 is 4.98 Å². The summed E-state index contributed by atoms with van der Waals surface area (Å²) >= 11 is 5.87. The molecule has 4 heteroatoms. The Hall–Kier alpha value is -1.87. The van der Waals surface area contributed by atoms with Crippen molar-refractivity contribution in [2.45, 2.75) is 0 Å². The molecule has 1 aromatic carbocycles. The second kappa shape index (κ2) is 3.86. The molecule has 2 nitrogen and oxygen atoms in total. The molecule has 0 radical (unpaired) electrons. The molecule has 0 saturated carbocycles. The average molecular weight is 247 g/mol. The zero-order valence-corrected chi connectivity index (χ0v) is 9.50. The van der Waals surface area contributed by atoms with Crippen LogP contribution in [0, 0.1) is 5.82 Å². The molecule has 84 valence electrons. The van der Waals surface area contributed by atoms with Gasteiger partial charge in [-0.15, -0.1) is 0 Å². The third kappa shape index (κ3) is 1.78. The topological polar surface area (TPSA) is 28.7 Å². The van der Waals surface area contributed by atoms with Gasteiger partial charge in [0.25, 0.3) is 0 Å². The highest BCUT2D eigenvalue weighted by Gasteiger charge is 2.09. The van der Waals surface area contributed by atoms with Crippen molar-refractivity contribution in [3.63, 3.8) is 0 Å². The molecule has 0 aliphatic heterocycles. The summed E-state index contributed by atoms with van der Waals surface area (Å²) in [5.74, 6) is -0.305. The van der Waals surface area contributed by atoms with Gasteiger partial charge in [-0.05, 0) is 36.4 Å². The number of benzene rings is 1. The first-order valence-corrected chi connectivity index (χ1v) is 5.51. The molecule has 17 heavy (non-hydrogen) atoms. The number of halogens is 2. The van der Waals surface area contributed by atoms with Gasteiger partial charge >= 0.3 is 0 Å². The van der Waals surface area contributed by atoms with Crippen LogP contribution < -0.4 is 0 Å². The fraction of sp³-hybridized carbons (Fsp3) is 0. The van der Waals surface area contributed by atoms with Gasteiger partial charge in [-0.25, -0.2) is 4.39 Å². The monoisotopic (exact) mass is 246 g/mol. The van der Waals surface area contributed by atoms with Gasteiger partial charge in [-0.2, -0.15) is 0 Å². The average Bonchev–Trinajstić information content (AvgIpc) is 2.75. The number of aromatic nitrogens is 2. The van der Waals surface area contributed by atoms with Gasteiger partial charge in [0.2, 0.25) is 0 Å². The van der Waals surface area contributed by atoms with E-state index in [1.54, 1.807) is 12.3 Å². The molecule has 0 spiro atoms. The van der Waals surface area contributed by atoms with Crippen molar-refractivity contribution in [3.05, 3.63) is 53.4 Å². The van der Waals surface area contributed by atoms with E-state index in [1.165, 1.54) is 12.1 Å². The van der Waals surface area contributed by atoms with Crippen LogP contribution in [0.15, 0.2) is 42.6 Å². The van der Waals surface area contributed by atoms with Crippen LogP contribution in [0.5, 0.6) is 0 Å². The van der Waals surface area contributed by atoms with Crippen molar-refractivity contribution >= 4 is 22.6 Å². The smallest absolute Gasteiger partial charge is 0.132 e. The first-order chi connectivity index (χ1) is 8.24. The number of nitrogens with one attached hydrogen (secondary N) is 1. The largest absolute Gasteiger partial charge is 0.353 e. The summed E-state index contributed by atoms with van der Waals surface area (Å²) < 4.78 is 13.7. The van der Waals surface area contributed by atoms with Gasteiger partial charge in [0, 0.05) is 16.8 Å². The lowest BCUT2D eigenvalue weighted by molar-refractivity contribution is 0.631. The van der Waals surface area contributed by atoms with E-state index >= 15 is 0 Å². The van der Waals surface area contributed by atoms with Crippen LogP contribution in [0.1, 0.15) is 0 Å². The van der Waals surface area contributed by atoms with Crippen molar-refractivity contribution in [1.29, 1.82) is 0 Å². The Balaban J connectivity index is 2.23. The number of aromatic amines is 1. The van der Waals surface area contributed by atoms with Crippen molar-refractivity contribution in [2.75, 3.05) is 0 Å². The van der Waals surface area contributed by atoms with Crippen molar-refractivity contribution in [2.24, 2.45) is 0 Å². The maximum atomic E-state index is 13.7. The molecule has 0 saturated heterocycles. The maximum absolute atomic E-state index is 13.7. The van der Waals surface area contributed by atoms with Crippen LogP contribution in [0.25, 0.3) is 22.3 Å². The number of hydrogen-bond donors (Lipinski definition) is 1. The Morgan fingerprint density at radius 2 is 2.06 bits per heavy atom. The van der Waals surface area contributed by atoms with E-state index in [0.29, 0.717) is 16.3 Å². The standard InChI is InChI=1S/C13H8ClFN2/c14-8-3-4-10(15)9(6-8)12-7-13-11(17-12)2-1-5-16-13/h1-7,17H. The van der Waals surface area contributed by atoms with Crippen LogP contribution in [-0.4, -0.2) is 9.97 Å². The summed E-state index contributed by atoms with van der Waals surface area (Å²) in [6.07, 6.45) is 1.70. The van der Waals surface area contributed by atoms with Crippen LogP contribution in [0.3, 0.4) is 0 Å². The highest BCUT2D eigenvalue weighted by Crippen LogP contribution is 2.27. The summed E-state index contributed by atoms with van der Waals surface area (Å²) in [5.41, 5.74) is 2.82. The Morgan fingerprint density at radius 1 is 1.18 bits per heavy atom. The third-order valence-electron chi connectivity index (χ3n) is 2.61. The van der Waals surface area contributed by atoms with Gasteiger partial charge in [-0.1, -0.05) is 11.6 Å². The number of pyridine rings is 1. The molecule has 2 heterocycles. The SMILES string of the molecule is Fc1ccc(Cl)cc1-c1cc2ncccc2[nH]1. The molecule has 1 N–H and O–H groups in total. The zero-order valence-electron chi connectivity index (χ0n) is 8.74. The Kier molecular flexibility index (Phi) is 2.34. The second-order valence-electron chi connectivity index (χ2n) is 3.74. The predicted molar refractivity (Wildman–Crippen MR) is 66.5 cm³/mol. The Labute approximate surface area is 102 Å². The lowest BCUT2D eigenvalue weighted by atomic mass is 10.1. The maximum Gasteiger partial charge on any atom is 0.132 e. The van der Waals surface area contributed by atoms with E-state index in [-0.39, 0.29) is 5.82 Å². The van der Waals surface area contributed by atoms with E-state index in [0.717, 1.165) is 11.0 Å². The highest BCUT2D eigenvalue weighted by atomic mass is 35.5. The molecule has 0 atom stereocenters. The number of fused-ring (bicyclic) bond motifs is 1. The summed E-state index contributed by atoms with van der Waals surface area (Å²) in [4.78, 5) is 7.31. The Morgan fingerprint density at radius 3 is 2.88 bits per heavy atom. The second-order valence-corrected chi connectivity index (χ2v) is 4.18. The lowest BCUT2D eigenvalue weighted by Crippen LogP contribution is -1.83. The minimum Gasteiger partial charge on any atom is -0.353 e. The van der Waals surface area contributed by atoms with Gasteiger partial charge in [0.15, 0.2) is 0 Å². The zero-order chi connectivity index (χ0) is 11.8. The number of H-pyrrole nitrogens is 1. The Bertz CT molecular complexity index is 658. The minimum absolute atomic E-state index is 0.305. The molecule has 0 bridgehead atoms. The molecule has 3 aromatic rings. The van der Waals surface area contributed by atoms with Crippen LogP contribution in [0.2, 0.25) is 5.02 Å². The number of rotatable bonds is 1. The van der Waals surface area contributed by atoms with E-state index < -0.39 is 0 Å². The molecule has 0 fully saturated rings. The molecule has 0 unspecified atom stereocenters. The summed E-state index contributed by atoms with van der Waals surface area (Å²) in [6.45, 7) is 0. The van der Waals surface area contributed by atoms with Crippen LogP contribution >= 0.6 is 11.6 Å². The van der Waals surface area contributed by atoms with E-state index in [4.69, 9.17) is 11.6 Å². The molecular formula is C13H8ClFN2. The third-order valence-corrected chi connectivity index (χ3v) is 2.84. The van der Waals surface area contributed by atoms with Gasteiger partial charge in [-0.3, -0.25) is 4.98 Å². The van der Waals surface area contributed by atoms with E-state index in [1.807, 2.05) is 18.2 Å². The fourth-order valence-electron chi connectivity index (χ4n) is 1.81. The quantitative estimate of drug-likeness (QED) is 0.690. The first kappa shape index (κ1) is 10.3. The molecule has 0 aliphatic rings. The fourth-order valence-corrected chi connectivity index (χ4v) is 1.98. The summed E-state index contributed by atoms with van der Waals surface area (Å²) in [7, 11) is 0. The minimum atomic E-state index is -0.305. The molecule has 3 rings (SSSR count). The summed E-state index contributed by atoms with van der Waals surface area (Å²) in [6, 6.07) is 10.0. The van der Waals surface area contributed by atoms with E-state index in [9.17, 15) is 4.39 Å². The normalized spacial score (nSPS) is 10.9. The lowest BCUT2D eigenvalue weighted by Gasteiger charge is -2.00.